The predicted octanol–water partition coefficient (Wildman–Crippen LogP) is 4.10. The van der Waals surface area contributed by atoms with Crippen LogP contribution in [0.25, 0.3) is 0 Å². The Labute approximate surface area is 126 Å². The van der Waals surface area contributed by atoms with Gasteiger partial charge in [-0.1, -0.05) is 0 Å². The summed E-state index contributed by atoms with van der Waals surface area (Å²) in [6.07, 6.45) is -1.78. The molecule has 0 saturated carbocycles. The normalized spacial score (nSPS) is 12.3. The van der Waals surface area contributed by atoms with Crippen LogP contribution in [0, 0.1) is 23.3 Å². The molecule has 7 heteroatoms. The van der Waals surface area contributed by atoms with Crippen molar-refractivity contribution >= 4 is 15.9 Å². The third kappa shape index (κ3) is 3.03. The highest BCUT2D eigenvalue weighted by Crippen LogP contribution is 2.36. The summed E-state index contributed by atoms with van der Waals surface area (Å²) < 4.78 is 58.6. The molecule has 0 spiro atoms. The molecule has 1 N–H and O–H groups in total. The molecule has 0 amide bonds. The van der Waals surface area contributed by atoms with E-state index in [1.807, 2.05) is 0 Å². The van der Waals surface area contributed by atoms with Crippen molar-refractivity contribution in [2.24, 2.45) is 0 Å². The zero-order chi connectivity index (χ0) is 15.7. The second kappa shape index (κ2) is 6.03. The summed E-state index contributed by atoms with van der Waals surface area (Å²) in [5.41, 5.74) is -0.802. The van der Waals surface area contributed by atoms with Crippen LogP contribution >= 0.6 is 15.9 Å². The summed E-state index contributed by atoms with van der Waals surface area (Å²) in [6.45, 7) is 0. The maximum atomic E-state index is 13.7. The Morgan fingerprint density at radius 1 is 1.00 bits per heavy atom. The van der Waals surface area contributed by atoms with Gasteiger partial charge in [0.1, 0.15) is 35.1 Å². The van der Waals surface area contributed by atoms with Crippen LogP contribution in [0.1, 0.15) is 17.2 Å². The standard InChI is InChI=1S/C14H9BrF4O2/c1-21-12-5-9(17)8(15)4-7(12)14(20)13-10(18)2-6(16)3-11(13)19/h2-5,14,20H,1H3. The molecule has 21 heavy (non-hydrogen) atoms. The molecule has 0 aromatic heterocycles. The van der Waals surface area contributed by atoms with Crippen LogP contribution in [-0.2, 0) is 0 Å². The molecule has 2 aromatic rings. The van der Waals surface area contributed by atoms with Crippen molar-refractivity contribution in [3.8, 4) is 5.75 Å². The zero-order valence-corrected chi connectivity index (χ0v) is 12.2. The Balaban J connectivity index is 2.60. The van der Waals surface area contributed by atoms with Crippen LogP contribution < -0.4 is 4.74 Å². The van der Waals surface area contributed by atoms with E-state index in [1.54, 1.807) is 0 Å². The molecule has 112 valence electrons. The van der Waals surface area contributed by atoms with E-state index in [0.717, 1.165) is 12.1 Å². The molecule has 2 aromatic carbocycles. The van der Waals surface area contributed by atoms with E-state index < -0.39 is 34.9 Å². The Morgan fingerprint density at radius 2 is 1.57 bits per heavy atom. The van der Waals surface area contributed by atoms with E-state index in [4.69, 9.17) is 4.74 Å². The van der Waals surface area contributed by atoms with E-state index in [9.17, 15) is 22.7 Å². The lowest BCUT2D eigenvalue weighted by molar-refractivity contribution is 0.203. The number of aliphatic hydroxyl groups excluding tert-OH is 1. The molecule has 0 radical (unpaired) electrons. The lowest BCUT2D eigenvalue weighted by Gasteiger charge is -2.17. The van der Waals surface area contributed by atoms with Crippen molar-refractivity contribution in [2.75, 3.05) is 7.11 Å². The summed E-state index contributed by atoms with van der Waals surface area (Å²) in [4.78, 5) is 0. The van der Waals surface area contributed by atoms with Gasteiger partial charge in [0.05, 0.1) is 17.1 Å². The van der Waals surface area contributed by atoms with Crippen molar-refractivity contribution in [1.29, 1.82) is 0 Å². The van der Waals surface area contributed by atoms with Crippen LogP contribution in [0.2, 0.25) is 0 Å². The first kappa shape index (κ1) is 15.8. The number of aliphatic hydroxyl groups is 1. The average molecular weight is 365 g/mol. The Hall–Kier alpha value is -1.60. The number of ether oxygens (including phenoxy) is 1. The van der Waals surface area contributed by atoms with Crippen LogP contribution in [0.3, 0.4) is 0 Å². The summed E-state index contributed by atoms with van der Waals surface area (Å²) in [5.74, 6) is -4.35. The van der Waals surface area contributed by atoms with Gasteiger partial charge in [0.15, 0.2) is 0 Å². The third-order valence-corrected chi connectivity index (χ3v) is 3.49. The van der Waals surface area contributed by atoms with Crippen LogP contribution in [0.5, 0.6) is 5.75 Å². The maximum absolute atomic E-state index is 13.7. The van der Waals surface area contributed by atoms with Gasteiger partial charge in [-0.15, -0.1) is 0 Å². The Bertz CT molecular complexity index is 668. The fraction of sp³-hybridized carbons (Fsp3) is 0.143. The van der Waals surface area contributed by atoms with Crippen molar-refractivity contribution in [3.05, 3.63) is 63.1 Å². The molecule has 2 rings (SSSR count). The SMILES string of the molecule is COc1cc(F)c(Br)cc1C(O)c1c(F)cc(F)cc1F. The number of hydrogen-bond donors (Lipinski definition) is 1. The van der Waals surface area contributed by atoms with Crippen molar-refractivity contribution in [1.82, 2.24) is 0 Å². The summed E-state index contributed by atoms with van der Waals surface area (Å²) >= 11 is 2.91. The summed E-state index contributed by atoms with van der Waals surface area (Å²) in [5, 5.41) is 10.1. The van der Waals surface area contributed by atoms with E-state index in [1.165, 1.54) is 7.11 Å². The van der Waals surface area contributed by atoms with Gasteiger partial charge in [-0.2, -0.15) is 0 Å². The lowest BCUT2D eigenvalue weighted by Crippen LogP contribution is -2.08. The smallest absolute Gasteiger partial charge is 0.141 e. The first-order valence-corrected chi connectivity index (χ1v) is 6.50. The van der Waals surface area contributed by atoms with Crippen molar-refractivity contribution < 1.29 is 27.4 Å². The van der Waals surface area contributed by atoms with Crippen LogP contribution in [0.15, 0.2) is 28.7 Å². The summed E-state index contributed by atoms with van der Waals surface area (Å²) in [7, 11) is 1.22. The van der Waals surface area contributed by atoms with Gasteiger partial charge in [0.2, 0.25) is 0 Å². The number of benzene rings is 2. The van der Waals surface area contributed by atoms with Gasteiger partial charge in [-0.25, -0.2) is 17.6 Å². The topological polar surface area (TPSA) is 29.5 Å². The lowest BCUT2D eigenvalue weighted by atomic mass is 9.99. The van der Waals surface area contributed by atoms with E-state index in [0.29, 0.717) is 12.1 Å². The van der Waals surface area contributed by atoms with Gasteiger partial charge < -0.3 is 9.84 Å². The predicted molar refractivity (Wildman–Crippen MR) is 71.0 cm³/mol. The molecule has 0 aliphatic rings. The minimum atomic E-state index is -1.78. The third-order valence-electron chi connectivity index (χ3n) is 2.88. The van der Waals surface area contributed by atoms with Gasteiger partial charge in [-0.05, 0) is 22.0 Å². The Morgan fingerprint density at radius 3 is 2.10 bits per heavy atom. The van der Waals surface area contributed by atoms with Gasteiger partial charge in [-0.3, -0.25) is 0 Å². The number of halogens is 5. The molecule has 1 atom stereocenters. The minimum absolute atomic E-state index is 0.0136. The number of hydrogen-bond acceptors (Lipinski definition) is 2. The number of methoxy groups -OCH3 is 1. The van der Waals surface area contributed by atoms with Crippen molar-refractivity contribution in [2.45, 2.75) is 6.10 Å². The quantitative estimate of drug-likeness (QED) is 0.831. The highest BCUT2D eigenvalue weighted by Gasteiger charge is 2.25. The Kier molecular flexibility index (Phi) is 4.53. The van der Waals surface area contributed by atoms with Crippen molar-refractivity contribution in [3.63, 3.8) is 0 Å². The van der Waals surface area contributed by atoms with E-state index >= 15 is 0 Å². The monoisotopic (exact) mass is 364 g/mol. The average Bonchev–Trinajstić information content (AvgIpc) is 2.39. The van der Waals surface area contributed by atoms with Gasteiger partial charge in [0.25, 0.3) is 0 Å². The highest BCUT2D eigenvalue weighted by atomic mass is 79.9. The fourth-order valence-corrected chi connectivity index (χ4v) is 2.27. The van der Waals surface area contributed by atoms with Gasteiger partial charge >= 0.3 is 0 Å². The molecule has 0 heterocycles. The highest BCUT2D eigenvalue weighted by molar-refractivity contribution is 9.10. The molecule has 0 aliphatic carbocycles. The number of rotatable bonds is 3. The molecule has 0 saturated heterocycles. The first-order valence-electron chi connectivity index (χ1n) is 5.70. The molecule has 0 fully saturated rings. The largest absolute Gasteiger partial charge is 0.496 e. The molecular formula is C14H9BrF4O2. The van der Waals surface area contributed by atoms with E-state index in [-0.39, 0.29) is 15.8 Å². The van der Waals surface area contributed by atoms with Crippen LogP contribution in [0.4, 0.5) is 17.6 Å². The molecular weight excluding hydrogens is 356 g/mol. The van der Waals surface area contributed by atoms with Crippen LogP contribution in [-0.4, -0.2) is 12.2 Å². The first-order chi connectivity index (χ1) is 9.85. The minimum Gasteiger partial charge on any atom is -0.496 e. The molecule has 1 unspecified atom stereocenters. The molecule has 0 bridgehead atoms. The van der Waals surface area contributed by atoms with E-state index in [2.05, 4.69) is 15.9 Å². The van der Waals surface area contributed by atoms with Gasteiger partial charge in [0, 0.05) is 23.8 Å². The second-order valence-corrected chi connectivity index (χ2v) is 5.05. The zero-order valence-electron chi connectivity index (χ0n) is 10.6. The molecule has 2 nitrogen and oxygen atoms in total. The fourth-order valence-electron chi connectivity index (χ4n) is 1.90. The summed E-state index contributed by atoms with van der Waals surface area (Å²) in [6, 6.07) is 3.00. The molecule has 0 aliphatic heterocycles. The second-order valence-electron chi connectivity index (χ2n) is 4.19. The maximum Gasteiger partial charge on any atom is 0.141 e.